The first kappa shape index (κ1) is 18.6. The summed E-state index contributed by atoms with van der Waals surface area (Å²) in [5, 5.41) is 0. The van der Waals surface area contributed by atoms with Crippen LogP contribution in [0.2, 0.25) is 0 Å². The average Bonchev–Trinajstić information content (AvgIpc) is 2.42. The van der Waals surface area contributed by atoms with E-state index in [1.807, 2.05) is 0 Å². The van der Waals surface area contributed by atoms with E-state index in [-0.39, 0.29) is 24.6 Å². The smallest absolute Gasteiger partial charge is 0.232 e. The average molecular weight is 348 g/mol. The topological polar surface area (TPSA) is 101 Å². The van der Waals surface area contributed by atoms with Crippen molar-refractivity contribution >= 4 is 31.5 Å². The number of ketones is 1. The van der Waals surface area contributed by atoms with Gasteiger partial charge in [-0.3, -0.25) is 9.10 Å². The molecular formula is C13H20N2O5S2. The first-order valence-corrected chi connectivity index (χ1v) is 10.1. The Bertz CT molecular complexity index is 741. The summed E-state index contributed by atoms with van der Waals surface area (Å²) in [4.78, 5) is 11.4. The summed E-state index contributed by atoms with van der Waals surface area (Å²) >= 11 is 0. The van der Waals surface area contributed by atoms with Crippen molar-refractivity contribution < 1.29 is 21.6 Å². The molecule has 0 fully saturated rings. The molecule has 22 heavy (non-hydrogen) atoms. The lowest BCUT2D eigenvalue weighted by atomic mass is 10.1. The second-order valence-corrected chi connectivity index (χ2v) is 8.74. The van der Waals surface area contributed by atoms with Gasteiger partial charge < -0.3 is 0 Å². The second kappa shape index (κ2) is 7.21. The highest BCUT2D eigenvalue weighted by molar-refractivity contribution is 7.92. The van der Waals surface area contributed by atoms with Crippen molar-refractivity contribution in [2.75, 3.05) is 29.4 Å². The van der Waals surface area contributed by atoms with Gasteiger partial charge in [-0.15, -0.1) is 0 Å². The highest BCUT2D eigenvalue weighted by Gasteiger charge is 2.18. The SMILES string of the molecule is CCS(=O)(=O)NCCN(c1cccc(C(C)=O)c1)S(C)(=O)=O. The van der Waals surface area contributed by atoms with Crippen LogP contribution >= 0.6 is 0 Å². The minimum atomic E-state index is -3.60. The Kier molecular flexibility index (Phi) is 6.09. The van der Waals surface area contributed by atoms with Gasteiger partial charge in [0.15, 0.2) is 5.78 Å². The molecule has 0 aromatic heterocycles. The molecular weight excluding hydrogens is 328 g/mol. The van der Waals surface area contributed by atoms with Gasteiger partial charge >= 0.3 is 0 Å². The molecule has 0 saturated heterocycles. The zero-order chi connectivity index (χ0) is 17.0. The number of nitrogens with zero attached hydrogens (tertiary/aromatic N) is 1. The van der Waals surface area contributed by atoms with Crippen LogP contribution in [0.15, 0.2) is 24.3 Å². The summed E-state index contributed by atoms with van der Waals surface area (Å²) in [7, 11) is -6.99. The van der Waals surface area contributed by atoms with Crippen LogP contribution in [0.25, 0.3) is 0 Å². The Hall–Kier alpha value is -1.45. The Morgan fingerprint density at radius 3 is 2.36 bits per heavy atom. The quantitative estimate of drug-likeness (QED) is 0.693. The molecule has 0 aliphatic rings. The van der Waals surface area contributed by atoms with E-state index in [9.17, 15) is 21.6 Å². The lowest BCUT2D eigenvalue weighted by Gasteiger charge is -2.23. The van der Waals surface area contributed by atoms with E-state index in [1.165, 1.54) is 19.9 Å². The largest absolute Gasteiger partial charge is 0.295 e. The van der Waals surface area contributed by atoms with Crippen molar-refractivity contribution in [3.8, 4) is 0 Å². The van der Waals surface area contributed by atoms with Crippen molar-refractivity contribution in [2.24, 2.45) is 0 Å². The highest BCUT2D eigenvalue weighted by Crippen LogP contribution is 2.19. The number of carbonyl (C=O) groups is 1. The molecule has 124 valence electrons. The van der Waals surface area contributed by atoms with Gasteiger partial charge in [-0.2, -0.15) is 0 Å². The molecule has 9 heteroatoms. The Morgan fingerprint density at radius 1 is 1.23 bits per heavy atom. The van der Waals surface area contributed by atoms with Crippen LogP contribution in [0, 0.1) is 0 Å². The molecule has 0 unspecified atom stereocenters. The number of carbonyl (C=O) groups excluding carboxylic acids is 1. The third-order valence-corrected chi connectivity index (χ3v) is 5.56. The van der Waals surface area contributed by atoms with Gasteiger partial charge in [-0.1, -0.05) is 12.1 Å². The number of hydrogen-bond acceptors (Lipinski definition) is 5. The predicted octanol–water partition coefficient (Wildman–Crippen LogP) is 0.594. The van der Waals surface area contributed by atoms with Crippen molar-refractivity contribution in [1.29, 1.82) is 0 Å². The summed E-state index contributed by atoms with van der Waals surface area (Å²) in [6, 6.07) is 6.20. The highest BCUT2D eigenvalue weighted by atomic mass is 32.2. The first-order chi connectivity index (χ1) is 10.1. The summed E-state index contributed by atoms with van der Waals surface area (Å²) in [5.41, 5.74) is 0.714. The first-order valence-electron chi connectivity index (χ1n) is 6.63. The number of sulfonamides is 2. The molecule has 1 rings (SSSR count). The molecule has 0 spiro atoms. The molecule has 0 aliphatic heterocycles. The Labute approximate surface area is 131 Å². The maximum atomic E-state index is 11.9. The lowest BCUT2D eigenvalue weighted by molar-refractivity contribution is 0.101. The zero-order valence-corrected chi connectivity index (χ0v) is 14.4. The van der Waals surface area contributed by atoms with Crippen LogP contribution in [0.3, 0.4) is 0 Å². The van der Waals surface area contributed by atoms with E-state index in [2.05, 4.69) is 4.72 Å². The van der Waals surface area contributed by atoms with Crippen molar-refractivity contribution in [3.05, 3.63) is 29.8 Å². The summed E-state index contributed by atoms with van der Waals surface area (Å²) in [6.07, 6.45) is 1.03. The zero-order valence-electron chi connectivity index (χ0n) is 12.7. The van der Waals surface area contributed by atoms with Gasteiger partial charge in [0.2, 0.25) is 20.0 Å². The van der Waals surface area contributed by atoms with Gasteiger partial charge in [0.25, 0.3) is 0 Å². The van der Waals surface area contributed by atoms with Gasteiger partial charge in [0.05, 0.1) is 17.7 Å². The summed E-state index contributed by atoms with van der Waals surface area (Å²) in [6.45, 7) is 2.78. The molecule has 0 atom stereocenters. The van der Waals surface area contributed by atoms with Crippen LogP contribution in [0.4, 0.5) is 5.69 Å². The Balaban J connectivity index is 3.00. The van der Waals surface area contributed by atoms with E-state index in [1.54, 1.807) is 18.2 Å². The normalized spacial score (nSPS) is 12.1. The number of anilines is 1. The van der Waals surface area contributed by atoms with Gasteiger partial charge in [-0.05, 0) is 26.0 Å². The number of rotatable bonds is 8. The van der Waals surface area contributed by atoms with Crippen LogP contribution in [0.1, 0.15) is 24.2 Å². The number of hydrogen-bond donors (Lipinski definition) is 1. The van der Waals surface area contributed by atoms with Crippen molar-refractivity contribution in [1.82, 2.24) is 4.72 Å². The predicted molar refractivity (Wildman–Crippen MR) is 86.1 cm³/mol. The molecule has 0 aliphatic carbocycles. The maximum Gasteiger partial charge on any atom is 0.232 e. The van der Waals surface area contributed by atoms with E-state index in [0.717, 1.165) is 10.6 Å². The maximum absolute atomic E-state index is 11.9. The monoisotopic (exact) mass is 348 g/mol. The van der Waals surface area contributed by atoms with E-state index >= 15 is 0 Å². The number of Topliss-reactive ketones (excluding diaryl/α,β-unsaturated/α-hetero) is 1. The fourth-order valence-electron chi connectivity index (χ4n) is 1.77. The molecule has 0 amide bonds. The van der Waals surface area contributed by atoms with E-state index in [0.29, 0.717) is 11.3 Å². The fraction of sp³-hybridized carbons (Fsp3) is 0.462. The Morgan fingerprint density at radius 2 is 1.86 bits per heavy atom. The van der Waals surface area contributed by atoms with Gasteiger partial charge in [-0.25, -0.2) is 21.6 Å². The van der Waals surface area contributed by atoms with Crippen LogP contribution < -0.4 is 9.03 Å². The van der Waals surface area contributed by atoms with Gasteiger partial charge in [0, 0.05) is 18.7 Å². The molecule has 1 aromatic rings. The molecule has 1 aromatic carbocycles. The van der Waals surface area contributed by atoms with Gasteiger partial charge in [0.1, 0.15) is 0 Å². The number of benzene rings is 1. The lowest BCUT2D eigenvalue weighted by Crippen LogP contribution is -2.38. The molecule has 7 nitrogen and oxygen atoms in total. The third kappa shape index (κ3) is 5.39. The fourth-order valence-corrected chi connectivity index (χ4v) is 3.30. The number of nitrogens with one attached hydrogen (secondary N) is 1. The molecule has 0 heterocycles. The molecule has 0 saturated carbocycles. The second-order valence-electron chi connectivity index (χ2n) is 4.74. The van der Waals surface area contributed by atoms with Crippen molar-refractivity contribution in [2.45, 2.75) is 13.8 Å². The summed E-state index contributed by atoms with van der Waals surface area (Å²) < 4.78 is 50.0. The third-order valence-electron chi connectivity index (χ3n) is 2.96. The van der Waals surface area contributed by atoms with Crippen LogP contribution in [-0.4, -0.2) is 47.7 Å². The van der Waals surface area contributed by atoms with Crippen LogP contribution in [0.5, 0.6) is 0 Å². The minimum Gasteiger partial charge on any atom is -0.295 e. The molecule has 1 N–H and O–H groups in total. The van der Waals surface area contributed by atoms with Crippen molar-refractivity contribution in [3.63, 3.8) is 0 Å². The molecule has 0 radical (unpaired) electrons. The van der Waals surface area contributed by atoms with E-state index in [4.69, 9.17) is 0 Å². The minimum absolute atomic E-state index is 0.0481. The molecule has 0 bridgehead atoms. The van der Waals surface area contributed by atoms with E-state index < -0.39 is 20.0 Å². The summed E-state index contributed by atoms with van der Waals surface area (Å²) in [5.74, 6) is -0.256. The standard InChI is InChI=1S/C13H20N2O5S2/c1-4-22(19,20)14-8-9-15(21(3,17)18)13-7-5-6-12(10-13)11(2)16/h5-7,10,14H,4,8-9H2,1-3H3. The van der Waals surface area contributed by atoms with Crippen LogP contribution in [-0.2, 0) is 20.0 Å².